The normalized spacial score (nSPS) is 15.9. The van der Waals surface area contributed by atoms with E-state index >= 15 is 0 Å². The zero-order valence-corrected chi connectivity index (χ0v) is 14.7. The van der Waals surface area contributed by atoms with Crippen LogP contribution >= 0.6 is 11.3 Å². The molecule has 1 fully saturated rings. The van der Waals surface area contributed by atoms with E-state index in [2.05, 4.69) is 10.6 Å². The van der Waals surface area contributed by atoms with Crippen LogP contribution in [0.3, 0.4) is 0 Å². The van der Waals surface area contributed by atoms with Crippen molar-refractivity contribution < 1.29 is 9.59 Å². The first kappa shape index (κ1) is 17.9. The van der Waals surface area contributed by atoms with Crippen LogP contribution in [0.5, 0.6) is 0 Å². The van der Waals surface area contributed by atoms with Crippen molar-refractivity contribution in [2.24, 2.45) is 0 Å². The van der Waals surface area contributed by atoms with Crippen LogP contribution in [-0.4, -0.2) is 49.4 Å². The van der Waals surface area contributed by atoms with Crippen LogP contribution in [0.2, 0.25) is 0 Å². The van der Waals surface area contributed by atoms with Gasteiger partial charge < -0.3 is 15.5 Å². The van der Waals surface area contributed by atoms with Crippen LogP contribution in [0.25, 0.3) is 0 Å². The molecule has 0 radical (unpaired) electrons. The van der Waals surface area contributed by atoms with Crippen molar-refractivity contribution in [1.82, 2.24) is 15.5 Å². The molecular weight excluding hydrogens is 310 g/mol. The Hall–Kier alpha value is -1.40. The molecule has 0 spiro atoms. The third kappa shape index (κ3) is 6.31. The van der Waals surface area contributed by atoms with Gasteiger partial charge in [-0.05, 0) is 24.3 Å². The average molecular weight is 337 g/mol. The number of thiophene rings is 1. The number of likely N-dealkylation sites (N-methyl/N-ethyl adjacent to an activating group) is 1. The predicted octanol–water partition coefficient (Wildman–Crippen LogP) is 2.25. The number of hydrogen-bond donors (Lipinski definition) is 2. The van der Waals surface area contributed by atoms with Gasteiger partial charge in [-0.1, -0.05) is 31.7 Å². The van der Waals surface area contributed by atoms with Crippen LogP contribution in [0, 0.1) is 0 Å². The zero-order valence-electron chi connectivity index (χ0n) is 13.8. The van der Waals surface area contributed by atoms with Crippen LogP contribution in [0.4, 0.5) is 0 Å². The maximum atomic E-state index is 12.1. The van der Waals surface area contributed by atoms with Crippen LogP contribution in [-0.2, 0) is 4.79 Å². The zero-order chi connectivity index (χ0) is 16.5. The Morgan fingerprint density at radius 3 is 2.61 bits per heavy atom. The highest BCUT2D eigenvalue weighted by molar-refractivity contribution is 7.12. The van der Waals surface area contributed by atoms with Gasteiger partial charge in [0.25, 0.3) is 5.91 Å². The first-order valence-corrected chi connectivity index (χ1v) is 9.34. The third-order valence-corrected chi connectivity index (χ3v) is 5.05. The standard InChI is InChI=1S/C17H27N3O2S/c1-20(17(22)15-9-6-12-23-15)13-16(21)19-11-10-18-14-7-4-2-3-5-8-14/h6,9,12,14,18H,2-5,7-8,10-11,13H2,1H3,(H,19,21). The van der Waals surface area contributed by atoms with Crippen molar-refractivity contribution in [2.45, 2.75) is 44.6 Å². The molecule has 1 aliphatic rings. The lowest BCUT2D eigenvalue weighted by molar-refractivity contribution is -0.121. The minimum Gasteiger partial charge on any atom is -0.353 e. The quantitative estimate of drug-likeness (QED) is 0.592. The molecule has 6 heteroatoms. The minimum absolute atomic E-state index is 0.0974. The van der Waals surface area contributed by atoms with Crippen LogP contribution in [0.15, 0.2) is 17.5 Å². The van der Waals surface area contributed by atoms with Crippen molar-refractivity contribution in [1.29, 1.82) is 0 Å². The van der Waals surface area contributed by atoms with Gasteiger partial charge in [-0.3, -0.25) is 9.59 Å². The van der Waals surface area contributed by atoms with Gasteiger partial charge in [-0.15, -0.1) is 11.3 Å². The summed E-state index contributed by atoms with van der Waals surface area (Å²) in [6.07, 6.45) is 7.79. The predicted molar refractivity (Wildman–Crippen MR) is 93.8 cm³/mol. The molecule has 1 aromatic rings. The smallest absolute Gasteiger partial charge is 0.264 e. The lowest BCUT2D eigenvalue weighted by Gasteiger charge is -2.18. The summed E-state index contributed by atoms with van der Waals surface area (Å²) in [6.45, 7) is 1.50. The number of hydrogen-bond acceptors (Lipinski definition) is 4. The van der Waals surface area contributed by atoms with Crippen molar-refractivity contribution in [2.75, 3.05) is 26.7 Å². The molecule has 0 atom stereocenters. The van der Waals surface area contributed by atoms with Gasteiger partial charge >= 0.3 is 0 Å². The summed E-state index contributed by atoms with van der Waals surface area (Å²) in [4.78, 5) is 26.1. The maximum Gasteiger partial charge on any atom is 0.264 e. The van der Waals surface area contributed by atoms with E-state index in [4.69, 9.17) is 0 Å². The largest absolute Gasteiger partial charge is 0.353 e. The molecule has 2 N–H and O–H groups in total. The lowest BCUT2D eigenvalue weighted by Crippen LogP contribution is -2.41. The lowest BCUT2D eigenvalue weighted by atomic mass is 10.1. The van der Waals surface area contributed by atoms with E-state index < -0.39 is 0 Å². The minimum atomic E-state index is -0.111. The summed E-state index contributed by atoms with van der Waals surface area (Å²) in [6, 6.07) is 4.21. The molecule has 0 unspecified atom stereocenters. The van der Waals surface area contributed by atoms with E-state index in [1.54, 1.807) is 13.1 Å². The van der Waals surface area contributed by atoms with Gasteiger partial charge in [0.15, 0.2) is 0 Å². The molecule has 1 aliphatic carbocycles. The highest BCUT2D eigenvalue weighted by Crippen LogP contribution is 2.16. The highest BCUT2D eigenvalue weighted by Gasteiger charge is 2.15. The van der Waals surface area contributed by atoms with E-state index in [0.29, 0.717) is 17.5 Å². The van der Waals surface area contributed by atoms with Crippen molar-refractivity contribution in [3.8, 4) is 0 Å². The molecule has 2 amide bonds. The van der Waals surface area contributed by atoms with Gasteiger partial charge in [0, 0.05) is 26.2 Å². The summed E-state index contributed by atoms with van der Waals surface area (Å²) < 4.78 is 0. The third-order valence-electron chi connectivity index (χ3n) is 4.19. The van der Waals surface area contributed by atoms with Crippen molar-refractivity contribution in [3.05, 3.63) is 22.4 Å². The Balaban J connectivity index is 1.60. The Labute approximate surface area is 142 Å². The Morgan fingerprint density at radius 2 is 1.96 bits per heavy atom. The van der Waals surface area contributed by atoms with Gasteiger partial charge in [0.2, 0.25) is 5.91 Å². The molecule has 0 bridgehead atoms. The Morgan fingerprint density at radius 1 is 1.22 bits per heavy atom. The molecule has 2 rings (SSSR count). The summed E-state index contributed by atoms with van der Waals surface area (Å²) in [7, 11) is 1.66. The second-order valence-corrected chi connectivity index (χ2v) is 7.08. The van der Waals surface area contributed by atoms with Gasteiger partial charge in [-0.25, -0.2) is 0 Å². The van der Waals surface area contributed by atoms with E-state index in [-0.39, 0.29) is 18.4 Å². The molecule has 5 nitrogen and oxygen atoms in total. The molecule has 0 saturated heterocycles. The number of carbonyl (C=O) groups is 2. The molecule has 0 aromatic carbocycles. The molecule has 23 heavy (non-hydrogen) atoms. The average Bonchev–Trinajstić information content (AvgIpc) is 2.95. The summed E-state index contributed by atoms with van der Waals surface area (Å²) in [5, 5.41) is 8.26. The van der Waals surface area contributed by atoms with Gasteiger partial charge in [0.05, 0.1) is 11.4 Å². The van der Waals surface area contributed by atoms with E-state index in [0.717, 1.165) is 6.54 Å². The summed E-state index contributed by atoms with van der Waals surface area (Å²) in [5.41, 5.74) is 0. The fourth-order valence-corrected chi connectivity index (χ4v) is 3.61. The topological polar surface area (TPSA) is 61.4 Å². The van der Waals surface area contributed by atoms with Gasteiger partial charge in [-0.2, -0.15) is 0 Å². The summed E-state index contributed by atoms with van der Waals surface area (Å²) >= 11 is 1.39. The first-order valence-electron chi connectivity index (χ1n) is 8.46. The number of nitrogens with zero attached hydrogens (tertiary/aromatic N) is 1. The number of nitrogens with one attached hydrogen (secondary N) is 2. The van der Waals surface area contributed by atoms with E-state index in [1.165, 1.54) is 54.8 Å². The Kier molecular flexibility index (Phi) is 7.55. The fraction of sp³-hybridized carbons (Fsp3) is 0.647. The SMILES string of the molecule is CN(CC(=O)NCCNC1CCCCCC1)C(=O)c1cccs1. The first-order chi connectivity index (χ1) is 11.2. The van der Waals surface area contributed by atoms with Crippen molar-refractivity contribution in [3.63, 3.8) is 0 Å². The summed E-state index contributed by atoms with van der Waals surface area (Å²) in [5.74, 6) is -0.216. The second-order valence-electron chi connectivity index (χ2n) is 6.13. The highest BCUT2D eigenvalue weighted by atomic mass is 32.1. The molecule has 0 aliphatic heterocycles. The molecule has 1 aromatic heterocycles. The van der Waals surface area contributed by atoms with Crippen molar-refractivity contribution >= 4 is 23.2 Å². The van der Waals surface area contributed by atoms with Crippen LogP contribution < -0.4 is 10.6 Å². The molecular formula is C17H27N3O2S. The monoisotopic (exact) mass is 337 g/mol. The molecule has 128 valence electrons. The number of amides is 2. The van der Waals surface area contributed by atoms with E-state index in [9.17, 15) is 9.59 Å². The fourth-order valence-electron chi connectivity index (χ4n) is 2.89. The van der Waals surface area contributed by atoms with E-state index in [1.807, 2.05) is 11.4 Å². The van der Waals surface area contributed by atoms with Crippen LogP contribution in [0.1, 0.15) is 48.2 Å². The van der Waals surface area contributed by atoms with Gasteiger partial charge in [0.1, 0.15) is 0 Å². The molecule has 1 saturated carbocycles. The Bertz CT molecular complexity index is 482. The number of carbonyl (C=O) groups excluding carboxylic acids is 2. The number of rotatable bonds is 7. The second kappa shape index (κ2) is 9.67. The maximum absolute atomic E-state index is 12.1. The molecule has 1 heterocycles.